The number of nitrogens with zero attached hydrogens (tertiary/aromatic N) is 4. The van der Waals surface area contributed by atoms with Crippen molar-refractivity contribution >= 4 is 162 Å². The number of hydrogen-bond acceptors (Lipinski definition) is 4. The Morgan fingerprint density at radius 1 is 0.222 bits per heavy atom. The molecule has 5 rings (SSSR count). The topological polar surface area (TPSA) is 49.4 Å². The molecule has 0 fully saturated rings. The molecule has 16 heteroatoms. The van der Waals surface area contributed by atoms with Crippen molar-refractivity contribution < 1.29 is 0 Å². The third-order valence-corrected chi connectivity index (χ3v) is 9.75. The van der Waals surface area contributed by atoms with Gasteiger partial charge in [-0.05, 0) is 0 Å². The van der Waals surface area contributed by atoms with Crippen LogP contribution in [0, 0.1) is 0 Å². The SMILES string of the molecule is ClC1=C(Cl)C2=C(Cl)C3=NC(=C(Cl)C4=NC(=C(Cl)C5=NC(=C(Cl)C1=N2)C(Cl)=C5Cl)C(Cl)=C4Cl)C(Cl)=C3Cl. The number of halogens is 12. The van der Waals surface area contributed by atoms with Gasteiger partial charge in [0, 0.05) is 0 Å². The van der Waals surface area contributed by atoms with Gasteiger partial charge >= 0.3 is 0 Å². The quantitative estimate of drug-likeness (QED) is 0.239. The van der Waals surface area contributed by atoms with Crippen LogP contribution in [0.2, 0.25) is 0 Å². The summed E-state index contributed by atoms with van der Waals surface area (Å²) in [4.78, 5) is 17.5. The zero-order valence-electron chi connectivity index (χ0n) is 16.3. The van der Waals surface area contributed by atoms with E-state index in [0.717, 1.165) is 0 Å². The van der Waals surface area contributed by atoms with E-state index in [1.165, 1.54) is 0 Å². The minimum Gasteiger partial charge on any atom is -0.242 e. The van der Waals surface area contributed by atoms with Gasteiger partial charge in [-0.3, -0.25) is 0 Å². The van der Waals surface area contributed by atoms with E-state index in [4.69, 9.17) is 139 Å². The number of aliphatic imine (C=N–C) groups is 4. The Hall–Kier alpha value is 0.0800. The number of allylic oxidation sites excluding steroid dienone is 12. The van der Waals surface area contributed by atoms with Crippen molar-refractivity contribution in [1.29, 1.82) is 0 Å². The molecule has 5 heterocycles. The molecular weight excluding hydrogens is 722 g/mol. The Bertz CT molecular complexity index is 1380. The van der Waals surface area contributed by atoms with Crippen LogP contribution in [-0.2, 0) is 0 Å². The van der Waals surface area contributed by atoms with Crippen LogP contribution in [0.5, 0.6) is 0 Å². The highest BCUT2D eigenvalue weighted by atomic mass is 35.5. The van der Waals surface area contributed by atoms with Crippen LogP contribution in [-0.4, -0.2) is 22.8 Å². The van der Waals surface area contributed by atoms with Crippen molar-refractivity contribution in [2.24, 2.45) is 20.0 Å². The maximum atomic E-state index is 6.59. The third-order valence-electron chi connectivity index (χ3n) is 4.99. The molecule has 0 aliphatic carbocycles. The molecule has 5 aliphatic heterocycles. The van der Waals surface area contributed by atoms with Crippen molar-refractivity contribution in [3.63, 3.8) is 0 Å². The van der Waals surface area contributed by atoms with Crippen LogP contribution < -0.4 is 0 Å². The monoisotopic (exact) mass is 716 g/mol. The lowest BCUT2D eigenvalue weighted by Gasteiger charge is -2.04. The summed E-state index contributed by atoms with van der Waals surface area (Å²) >= 11 is 77.8. The summed E-state index contributed by atoms with van der Waals surface area (Å²) in [5.74, 6) is 0. The smallest absolute Gasteiger partial charge is 0.105 e. The molecule has 184 valence electrons. The van der Waals surface area contributed by atoms with Crippen molar-refractivity contribution in [2.45, 2.75) is 0 Å². The fraction of sp³-hybridized carbons (Fsp3) is 0. The van der Waals surface area contributed by atoms with Gasteiger partial charge in [-0.25, -0.2) is 20.0 Å². The van der Waals surface area contributed by atoms with E-state index in [-0.39, 0.29) is 106 Å². The van der Waals surface area contributed by atoms with Gasteiger partial charge in [0.05, 0.1) is 60.4 Å². The van der Waals surface area contributed by atoms with Gasteiger partial charge in [-0.2, -0.15) is 0 Å². The lowest BCUT2D eigenvalue weighted by molar-refractivity contribution is 1.37. The Balaban J connectivity index is 1.93. The van der Waals surface area contributed by atoms with Crippen molar-refractivity contribution in [1.82, 2.24) is 0 Å². The first-order chi connectivity index (χ1) is 16.9. The van der Waals surface area contributed by atoms with Gasteiger partial charge in [0.15, 0.2) is 0 Å². The molecule has 36 heavy (non-hydrogen) atoms. The number of fused-ring (bicyclic) bond motifs is 4. The van der Waals surface area contributed by atoms with E-state index < -0.39 is 0 Å². The molecule has 0 saturated carbocycles. The molecule has 0 spiro atoms. The highest BCUT2D eigenvalue weighted by Crippen LogP contribution is 2.47. The molecule has 0 aromatic heterocycles. The molecule has 4 nitrogen and oxygen atoms in total. The summed E-state index contributed by atoms with van der Waals surface area (Å²) in [6, 6.07) is 0. The van der Waals surface area contributed by atoms with Crippen molar-refractivity contribution in [2.75, 3.05) is 0 Å². The van der Waals surface area contributed by atoms with Gasteiger partial charge in [0.25, 0.3) is 0 Å². The molecule has 8 bridgehead atoms. The largest absolute Gasteiger partial charge is 0.242 e. The predicted molar refractivity (Wildman–Crippen MR) is 156 cm³/mol. The van der Waals surface area contributed by atoms with Gasteiger partial charge in [-0.1, -0.05) is 139 Å². The van der Waals surface area contributed by atoms with Crippen molar-refractivity contribution in [3.8, 4) is 0 Å². The first-order valence-electron chi connectivity index (χ1n) is 9.06. The van der Waals surface area contributed by atoms with Gasteiger partial charge in [0.1, 0.15) is 45.6 Å². The maximum absolute atomic E-state index is 6.59. The van der Waals surface area contributed by atoms with E-state index in [1.807, 2.05) is 0 Å². The Labute approximate surface area is 262 Å². The molecule has 0 unspecified atom stereocenters. The lowest BCUT2D eigenvalue weighted by atomic mass is 10.2. The van der Waals surface area contributed by atoms with E-state index in [0.29, 0.717) is 0 Å². The molecule has 0 radical (unpaired) electrons. The second-order valence-electron chi connectivity index (χ2n) is 7.00. The molecule has 0 aromatic carbocycles. The van der Waals surface area contributed by atoms with E-state index >= 15 is 0 Å². The Morgan fingerprint density at radius 2 is 0.389 bits per heavy atom. The molecular formula is C20Cl12N4. The highest BCUT2D eigenvalue weighted by Gasteiger charge is 2.37. The molecule has 0 atom stereocenters. The van der Waals surface area contributed by atoms with E-state index in [2.05, 4.69) is 20.0 Å². The summed E-state index contributed by atoms with van der Waals surface area (Å²) in [5.41, 5.74) is 0.0793. The second-order valence-corrected chi connectivity index (χ2v) is 11.5. The lowest BCUT2D eigenvalue weighted by Crippen LogP contribution is -2.00. The van der Waals surface area contributed by atoms with Crippen LogP contribution in [0.1, 0.15) is 0 Å². The summed E-state index contributed by atoms with van der Waals surface area (Å²) in [6.45, 7) is 0. The summed E-state index contributed by atoms with van der Waals surface area (Å²) in [6.07, 6.45) is 0. The Kier molecular flexibility index (Phi) is 7.62. The van der Waals surface area contributed by atoms with Crippen molar-refractivity contribution in [3.05, 3.63) is 83.2 Å². The van der Waals surface area contributed by atoms with Crippen LogP contribution in [0.4, 0.5) is 0 Å². The minimum atomic E-state index is -0.0933. The zero-order valence-corrected chi connectivity index (χ0v) is 25.4. The molecule has 0 aromatic rings. The minimum absolute atomic E-state index is 0.00992. The van der Waals surface area contributed by atoms with E-state index in [1.54, 1.807) is 0 Å². The fourth-order valence-electron chi connectivity index (χ4n) is 3.28. The summed E-state index contributed by atoms with van der Waals surface area (Å²) in [5, 5.41) is -0.697. The molecule has 0 saturated heterocycles. The maximum Gasteiger partial charge on any atom is 0.105 e. The second kappa shape index (κ2) is 9.92. The third kappa shape index (κ3) is 4.04. The fourth-order valence-corrected chi connectivity index (χ4v) is 6.57. The van der Waals surface area contributed by atoms with Crippen LogP contribution in [0.25, 0.3) is 0 Å². The standard InChI is InChI=1S/C20Cl12N4/c21-1-2(22)14-10(30)16-5(25)6(26)18(35-16)12(32)20-8(28)7(27)19(36-20)11(31)17-4(24)3(23)15(34-17)9(29)13(1)33-14. The number of rotatable bonds is 0. The van der Waals surface area contributed by atoms with Crippen LogP contribution in [0.3, 0.4) is 0 Å². The highest BCUT2D eigenvalue weighted by molar-refractivity contribution is 6.66. The average molecular weight is 722 g/mol. The number of hydrogen-bond donors (Lipinski definition) is 0. The Morgan fingerprint density at radius 3 is 0.556 bits per heavy atom. The molecule has 5 aliphatic rings. The average Bonchev–Trinajstić information content (AvgIpc) is 3.52. The zero-order chi connectivity index (χ0) is 26.4. The van der Waals surface area contributed by atoms with Gasteiger partial charge < -0.3 is 0 Å². The first-order valence-corrected chi connectivity index (χ1v) is 13.6. The van der Waals surface area contributed by atoms with Crippen LogP contribution in [0.15, 0.2) is 103 Å². The van der Waals surface area contributed by atoms with Gasteiger partial charge in [-0.15, -0.1) is 0 Å². The predicted octanol–water partition coefficient (Wildman–Crippen LogP) is 10.4. The van der Waals surface area contributed by atoms with E-state index in [9.17, 15) is 0 Å². The normalized spacial score (nSPS) is 22.8. The molecule has 0 amide bonds. The summed E-state index contributed by atoms with van der Waals surface area (Å²) < 4.78 is 0. The van der Waals surface area contributed by atoms with Gasteiger partial charge in [0.2, 0.25) is 0 Å². The van der Waals surface area contributed by atoms with Crippen LogP contribution >= 0.6 is 139 Å². The molecule has 0 N–H and O–H groups in total. The first kappa shape index (κ1) is 27.6. The summed E-state index contributed by atoms with van der Waals surface area (Å²) in [7, 11) is 0.